The molecule has 1 heterocycles. The van der Waals surface area contributed by atoms with Crippen LogP contribution in [0.2, 0.25) is 10.0 Å². The van der Waals surface area contributed by atoms with Gasteiger partial charge in [0.15, 0.2) is 0 Å². The Morgan fingerprint density at radius 2 is 1.65 bits per heavy atom. The highest BCUT2D eigenvalue weighted by molar-refractivity contribution is 6.35. The Labute approximate surface area is 126 Å². The summed E-state index contributed by atoms with van der Waals surface area (Å²) in [6.45, 7) is 0. The van der Waals surface area contributed by atoms with E-state index in [4.69, 9.17) is 23.2 Å². The van der Waals surface area contributed by atoms with Crippen molar-refractivity contribution in [1.82, 2.24) is 4.98 Å². The van der Waals surface area contributed by atoms with Crippen LogP contribution < -0.4 is 0 Å². The lowest BCUT2D eigenvalue weighted by Gasteiger charge is -2.15. The molecule has 100 valence electrons. The number of hydrogen-bond acceptors (Lipinski definition) is 2. The van der Waals surface area contributed by atoms with E-state index in [0.717, 1.165) is 5.39 Å². The van der Waals surface area contributed by atoms with Crippen molar-refractivity contribution in [2.75, 3.05) is 0 Å². The first-order valence-corrected chi connectivity index (χ1v) is 6.89. The fourth-order valence-corrected chi connectivity index (χ4v) is 2.70. The van der Waals surface area contributed by atoms with E-state index in [9.17, 15) is 5.11 Å². The zero-order valence-electron chi connectivity index (χ0n) is 10.4. The van der Waals surface area contributed by atoms with Crippen molar-refractivity contribution in [2.45, 2.75) is 6.10 Å². The molecule has 3 rings (SSSR count). The zero-order valence-corrected chi connectivity index (χ0v) is 11.9. The number of fused-ring (bicyclic) bond motifs is 1. The molecule has 2 aromatic carbocycles. The zero-order chi connectivity index (χ0) is 14.1. The van der Waals surface area contributed by atoms with Crippen molar-refractivity contribution < 1.29 is 5.11 Å². The van der Waals surface area contributed by atoms with Crippen LogP contribution in [-0.4, -0.2) is 10.1 Å². The Bertz CT molecular complexity index is 773. The maximum Gasteiger partial charge on any atom is 0.108 e. The Morgan fingerprint density at radius 1 is 0.850 bits per heavy atom. The fourth-order valence-electron chi connectivity index (χ4n) is 2.24. The molecule has 0 saturated carbocycles. The average Bonchev–Trinajstić information content (AvgIpc) is 2.48. The molecule has 0 saturated heterocycles. The molecule has 1 unspecified atom stereocenters. The largest absolute Gasteiger partial charge is 0.384 e. The molecule has 1 atom stereocenters. The van der Waals surface area contributed by atoms with Gasteiger partial charge in [-0.15, -0.1) is 0 Å². The first-order valence-electron chi connectivity index (χ1n) is 6.14. The van der Waals surface area contributed by atoms with E-state index in [1.807, 2.05) is 24.3 Å². The number of nitrogens with zero attached hydrogens (tertiary/aromatic N) is 1. The van der Waals surface area contributed by atoms with Crippen molar-refractivity contribution >= 4 is 34.1 Å². The summed E-state index contributed by atoms with van der Waals surface area (Å²) in [5, 5.41) is 12.6. The number of hydrogen-bond donors (Lipinski definition) is 1. The standard InChI is InChI=1S/C16H11Cl2NO/c17-13-6-2-1-4-11(13)16(20)12-7-8-14(18)10-5-3-9-19-15(10)12/h1-9,16,20H. The molecular weight excluding hydrogens is 293 g/mol. The number of aliphatic hydroxyl groups is 1. The van der Waals surface area contributed by atoms with Gasteiger partial charge in [0, 0.05) is 32.8 Å². The Morgan fingerprint density at radius 3 is 2.45 bits per heavy atom. The Balaban J connectivity index is 2.20. The van der Waals surface area contributed by atoms with Gasteiger partial charge in [-0.25, -0.2) is 0 Å². The van der Waals surface area contributed by atoms with E-state index in [2.05, 4.69) is 4.98 Å². The van der Waals surface area contributed by atoms with Gasteiger partial charge in [-0.05, 0) is 24.3 Å². The molecule has 0 radical (unpaired) electrons. The van der Waals surface area contributed by atoms with Gasteiger partial charge in [-0.1, -0.05) is 47.5 Å². The molecule has 2 nitrogen and oxygen atoms in total. The third-order valence-electron chi connectivity index (χ3n) is 3.24. The lowest BCUT2D eigenvalue weighted by atomic mass is 9.99. The molecule has 0 aliphatic rings. The van der Waals surface area contributed by atoms with Crippen LogP contribution in [0.5, 0.6) is 0 Å². The van der Waals surface area contributed by atoms with E-state index in [1.165, 1.54) is 0 Å². The molecular formula is C16H11Cl2NO. The van der Waals surface area contributed by atoms with Gasteiger partial charge in [0.25, 0.3) is 0 Å². The van der Waals surface area contributed by atoms with Crippen molar-refractivity contribution in [1.29, 1.82) is 0 Å². The summed E-state index contributed by atoms with van der Waals surface area (Å²) in [6, 6.07) is 14.5. The van der Waals surface area contributed by atoms with E-state index < -0.39 is 6.10 Å². The minimum absolute atomic E-state index is 0.527. The van der Waals surface area contributed by atoms with Gasteiger partial charge >= 0.3 is 0 Å². The highest BCUT2D eigenvalue weighted by Crippen LogP contribution is 2.33. The molecule has 1 N–H and O–H groups in total. The summed E-state index contributed by atoms with van der Waals surface area (Å²) in [6.07, 6.45) is 0.847. The Kier molecular flexibility index (Phi) is 3.62. The highest BCUT2D eigenvalue weighted by atomic mass is 35.5. The van der Waals surface area contributed by atoms with Gasteiger partial charge in [-0.3, -0.25) is 4.98 Å². The van der Waals surface area contributed by atoms with Gasteiger partial charge in [0.05, 0.1) is 5.52 Å². The van der Waals surface area contributed by atoms with Crippen LogP contribution in [0.15, 0.2) is 54.7 Å². The third kappa shape index (κ3) is 2.27. The van der Waals surface area contributed by atoms with Crippen LogP contribution in [0.3, 0.4) is 0 Å². The Hall–Kier alpha value is -1.61. The normalized spacial score (nSPS) is 12.6. The second kappa shape index (κ2) is 5.41. The quantitative estimate of drug-likeness (QED) is 0.749. The lowest BCUT2D eigenvalue weighted by molar-refractivity contribution is 0.222. The number of aromatic nitrogens is 1. The number of rotatable bonds is 2. The highest BCUT2D eigenvalue weighted by Gasteiger charge is 2.17. The average molecular weight is 304 g/mol. The van der Waals surface area contributed by atoms with Gasteiger partial charge in [0.1, 0.15) is 6.10 Å². The van der Waals surface area contributed by atoms with E-state index in [1.54, 1.807) is 30.5 Å². The van der Waals surface area contributed by atoms with Crippen LogP contribution in [0.4, 0.5) is 0 Å². The van der Waals surface area contributed by atoms with Crippen LogP contribution in [-0.2, 0) is 0 Å². The molecule has 1 aromatic heterocycles. The van der Waals surface area contributed by atoms with Crippen LogP contribution >= 0.6 is 23.2 Å². The maximum atomic E-state index is 10.6. The number of benzene rings is 2. The van der Waals surface area contributed by atoms with Crippen LogP contribution in [0, 0.1) is 0 Å². The first-order chi connectivity index (χ1) is 9.68. The number of halogens is 2. The summed E-state index contributed by atoms with van der Waals surface area (Å²) in [7, 11) is 0. The summed E-state index contributed by atoms with van der Waals surface area (Å²) in [4.78, 5) is 4.33. The molecule has 0 amide bonds. The van der Waals surface area contributed by atoms with Gasteiger partial charge in [-0.2, -0.15) is 0 Å². The maximum absolute atomic E-state index is 10.6. The molecule has 0 fully saturated rings. The molecule has 3 aromatic rings. The second-order valence-corrected chi connectivity index (χ2v) is 5.27. The van der Waals surface area contributed by atoms with Gasteiger partial charge < -0.3 is 5.11 Å². The van der Waals surface area contributed by atoms with Crippen LogP contribution in [0.25, 0.3) is 10.9 Å². The SMILES string of the molecule is OC(c1ccccc1Cl)c1ccc(Cl)c2cccnc12. The van der Waals surface area contributed by atoms with E-state index in [0.29, 0.717) is 26.7 Å². The summed E-state index contributed by atoms with van der Waals surface area (Å²) < 4.78 is 0. The summed E-state index contributed by atoms with van der Waals surface area (Å²) in [5.41, 5.74) is 2.04. The minimum Gasteiger partial charge on any atom is -0.384 e. The van der Waals surface area contributed by atoms with Gasteiger partial charge in [0.2, 0.25) is 0 Å². The van der Waals surface area contributed by atoms with E-state index >= 15 is 0 Å². The summed E-state index contributed by atoms with van der Waals surface area (Å²) in [5.74, 6) is 0. The van der Waals surface area contributed by atoms with Crippen LogP contribution in [0.1, 0.15) is 17.2 Å². The minimum atomic E-state index is -0.835. The monoisotopic (exact) mass is 303 g/mol. The third-order valence-corrected chi connectivity index (χ3v) is 3.92. The van der Waals surface area contributed by atoms with E-state index in [-0.39, 0.29) is 0 Å². The fraction of sp³-hybridized carbons (Fsp3) is 0.0625. The molecule has 0 spiro atoms. The second-order valence-electron chi connectivity index (χ2n) is 4.46. The summed E-state index contributed by atoms with van der Waals surface area (Å²) >= 11 is 12.3. The molecule has 0 aliphatic heterocycles. The predicted octanol–water partition coefficient (Wildman–Crippen LogP) is 4.62. The smallest absolute Gasteiger partial charge is 0.108 e. The molecule has 0 aliphatic carbocycles. The van der Waals surface area contributed by atoms with Crippen molar-refractivity contribution in [2.24, 2.45) is 0 Å². The molecule has 4 heteroatoms. The number of aliphatic hydroxyl groups excluding tert-OH is 1. The predicted molar refractivity (Wildman–Crippen MR) is 82.3 cm³/mol. The topological polar surface area (TPSA) is 33.1 Å². The number of pyridine rings is 1. The molecule has 20 heavy (non-hydrogen) atoms. The first kappa shape index (κ1) is 13.4. The van der Waals surface area contributed by atoms with Crippen molar-refractivity contribution in [3.8, 4) is 0 Å². The molecule has 0 bridgehead atoms. The van der Waals surface area contributed by atoms with Crippen molar-refractivity contribution in [3.05, 3.63) is 75.9 Å². The lowest BCUT2D eigenvalue weighted by Crippen LogP contribution is -2.02. The van der Waals surface area contributed by atoms with Crippen molar-refractivity contribution in [3.63, 3.8) is 0 Å².